The van der Waals surface area contributed by atoms with Crippen LogP contribution in [0.2, 0.25) is 0 Å². The lowest BCUT2D eigenvalue weighted by molar-refractivity contribution is 0.614. The first-order valence-corrected chi connectivity index (χ1v) is 13.7. The normalized spacial score (nSPS) is 18.9. The van der Waals surface area contributed by atoms with E-state index in [-0.39, 0.29) is 5.41 Å². The molecule has 0 aromatic heterocycles. The summed E-state index contributed by atoms with van der Waals surface area (Å²) in [5.41, 5.74) is 10.1. The molecule has 1 aliphatic heterocycles. The molecule has 36 heavy (non-hydrogen) atoms. The van der Waals surface area contributed by atoms with E-state index in [2.05, 4.69) is 117 Å². The Morgan fingerprint density at radius 1 is 0.722 bits per heavy atom. The molecule has 3 aliphatic rings. The molecule has 2 aliphatic carbocycles. The van der Waals surface area contributed by atoms with Gasteiger partial charge in [-0.3, -0.25) is 0 Å². The summed E-state index contributed by atoms with van der Waals surface area (Å²) >= 11 is 1.94. The minimum absolute atomic E-state index is 0.0315. The van der Waals surface area contributed by atoms with Crippen molar-refractivity contribution >= 4 is 38.9 Å². The molecule has 1 heterocycles. The number of hydrogen-bond acceptors (Lipinski definition) is 1. The van der Waals surface area contributed by atoms with Gasteiger partial charge in [0.15, 0.2) is 0 Å². The molecule has 0 amide bonds. The van der Waals surface area contributed by atoms with E-state index < -0.39 is 0 Å². The molecule has 5 aromatic carbocycles. The van der Waals surface area contributed by atoms with Crippen LogP contribution in [0, 0.1) is 0 Å². The smallest absolute Gasteiger partial charge is 0.0279 e. The highest BCUT2D eigenvalue weighted by atomic mass is 32.2. The topological polar surface area (TPSA) is 0 Å². The van der Waals surface area contributed by atoms with Gasteiger partial charge in [-0.05, 0) is 68.1 Å². The molecular formula is C35H26S. The second-order valence-electron chi connectivity index (χ2n) is 10.9. The lowest BCUT2D eigenvalue weighted by Crippen LogP contribution is -2.18. The van der Waals surface area contributed by atoms with Gasteiger partial charge in [0.2, 0.25) is 0 Å². The summed E-state index contributed by atoms with van der Waals surface area (Å²) in [7, 11) is 0. The Labute approximate surface area is 216 Å². The quantitative estimate of drug-likeness (QED) is 0.226. The van der Waals surface area contributed by atoms with E-state index >= 15 is 0 Å². The van der Waals surface area contributed by atoms with Gasteiger partial charge in [-0.2, -0.15) is 0 Å². The number of hydrogen-bond donors (Lipinski definition) is 0. The fourth-order valence-electron chi connectivity index (χ4n) is 6.85. The zero-order chi connectivity index (χ0) is 24.0. The van der Waals surface area contributed by atoms with E-state index in [9.17, 15) is 0 Å². The van der Waals surface area contributed by atoms with Gasteiger partial charge in [0.1, 0.15) is 0 Å². The Morgan fingerprint density at radius 3 is 2.28 bits per heavy atom. The van der Waals surface area contributed by atoms with Gasteiger partial charge in [-0.15, -0.1) is 0 Å². The van der Waals surface area contributed by atoms with Crippen LogP contribution >= 0.6 is 11.8 Å². The van der Waals surface area contributed by atoms with Crippen molar-refractivity contribution in [1.82, 2.24) is 0 Å². The number of rotatable bonds is 1. The number of fused-ring (bicyclic) bond motifs is 6. The summed E-state index contributed by atoms with van der Waals surface area (Å²) in [4.78, 5) is 2.76. The highest BCUT2D eigenvalue weighted by molar-refractivity contribution is 8.00. The largest absolute Gasteiger partial charge is 0.0881 e. The molecular weight excluding hydrogens is 452 g/mol. The zero-order valence-electron chi connectivity index (χ0n) is 20.5. The molecule has 5 aromatic rings. The minimum atomic E-state index is 0.0315. The molecule has 0 nitrogen and oxygen atoms in total. The predicted molar refractivity (Wildman–Crippen MR) is 154 cm³/mol. The molecule has 1 unspecified atom stereocenters. The highest BCUT2D eigenvalue weighted by Crippen LogP contribution is 2.56. The SMILES string of the molecule is CC1(C)C2=CC(c3cccc4c3Sc3cccc5cccc-4c35)=CCC2c2cc3ccccc3cc21. The Balaban J connectivity index is 1.28. The fraction of sp³-hybridized carbons (Fsp3) is 0.143. The van der Waals surface area contributed by atoms with Crippen LogP contribution < -0.4 is 0 Å². The molecule has 1 heteroatoms. The molecule has 8 rings (SSSR count). The first-order chi connectivity index (χ1) is 17.6. The molecule has 1 atom stereocenters. The van der Waals surface area contributed by atoms with Crippen LogP contribution in [0.4, 0.5) is 0 Å². The van der Waals surface area contributed by atoms with E-state index in [4.69, 9.17) is 0 Å². The van der Waals surface area contributed by atoms with E-state index in [1.807, 2.05) is 11.8 Å². The lowest BCUT2D eigenvalue weighted by Gasteiger charge is -2.29. The standard InChI is InChI=1S/C35H26S/c1-35(2)30-20-24(16-17-26(30)29-18-22-8-3-4-9-23(22)19-31(29)35)25-12-7-14-28-27-13-5-10-21-11-6-15-32(33(21)27)36-34(25)28/h3-16,18-20,26H,17H2,1-2H3. The van der Waals surface area contributed by atoms with Crippen LogP contribution in [0.1, 0.15) is 42.9 Å². The maximum atomic E-state index is 2.52. The lowest BCUT2D eigenvalue weighted by atomic mass is 9.76. The second kappa shape index (κ2) is 7.24. The van der Waals surface area contributed by atoms with Crippen LogP contribution in [0.5, 0.6) is 0 Å². The van der Waals surface area contributed by atoms with E-state index in [0.29, 0.717) is 5.92 Å². The third-order valence-electron chi connectivity index (χ3n) is 8.64. The van der Waals surface area contributed by atoms with Gasteiger partial charge in [0.25, 0.3) is 0 Å². The van der Waals surface area contributed by atoms with Gasteiger partial charge >= 0.3 is 0 Å². The van der Waals surface area contributed by atoms with E-state index in [1.54, 1.807) is 5.57 Å². The van der Waals surface area contributed by atoms with Crippen LogP contribution in [-0.2, 0) is 5.41 Å². The number of benzene rings is 5. The van der Waals surface area contributed by atoms with Crippen molar-refractivity contribution in [2.24, 2.45) is 0 Å². The van der Waals surface area contributed by atoms with Crippen molar-refractivity contribution in [2.75, 3.05) is 0 Å². The van der Waals surface area contributed by atoms with E-state index in [0.717, 1.165) is 6.42 Å². The molecule has 0 radical (unpaired) electrons. The predicted octanol–water partition coefficient (Wildman–Crippen LogP) is 9.91. The summed E-state index contributed by atoms with van der Waals surface area (Å²) in [6.07, 6.45) is 6.08. The Hall–Kier alpha value is -3.55. The van der Waals surface area contributed by atoms with Gasteiger partial charge in [-0.1, -0.05) is 122 Å². The van der Waals surface area contributed by atoms with Crippen molar-refractivity contribution in [3.05, 3.63) is 125 Å². The van der Waals surface area contributed by atoms with Gasteiger partial charge in [0.05, 0.1) is 0 Å². The molecule has 0 fully saturated rings. The van der Waals surface area contributed by atoms with Crippen molar-refractivity contribution in [3.8, 4) is 11.1 Å². The Kier molecular flexibility index (Phi) is 4.15. The monoisotopic (exact) mass is 478 g/mol. The minimum Gasteiger partial charge on any atom is -0.0881 e. The third kappa shape index (κ3) is 2.72. The molecule has 0 saturated heterocycles. The summed E-state index contributed by atoms with van der Waals surface area (Å²) in [6.45, 7) is 4.84. The molecule has 172 valence electrons. The zero-order valence-corrected chi connectivity index (χ0v) is 21.3. The van der Waals surface area contributed by atoms with Crippen LogP contribution in [-0.4, -0.2) is 0 Å². The first-order valence-electron chi connectivity index (χ1n) is 12.9. The summed E-state index contributed by atoms with van der Waals surface area (Å²) in [5, 5.41) is 5.42. The van der Waals surface area contributed by atoms with Crippen molar-refractivity contribution in [1.29, 1.82) is 0 Å². The Bertz CT molecular complexity index is 1810. The number of allylic oxidation sites excluding steroid dienone is 4. The van der Waals surface area contributed by atoms with Gasteiger partial charge < -0.3 is 0 Å². The van der Waals surface area contributed by atoms with Crippen LogP contribution in [0.3, 0.4) is 0 Å². The molecule has 0 saturated carbocycles. The maximum Gasteiger partial charge on any atom is 0.0279 e. The average Bonchev–Trinajstić information content (AvgIpc) is 3.13. The van der Waals surface area contributed by atoms with Crippen molar-refractivity contribution in [3.63, 3.8) is 0 Å². The highest BCUT2D eigenvalue weighted by Gasteiger charge is 2.42. The summed E-state index contributed by atoms with van der Waals surface area (Å²) in [6, 6.07) is 34.0. The van der Waals surface area contributed by atoms with Crippen LogP contribution in [0.25, 0.3) is 38.2 Å². The van der Waals surface area contributed by atoms with Crippen molar-refractivity contribution in [2.45, 2.75) is 41.4 Å². The third-order valence-corrected chi connectivity index (χ3v) is 9.85. The Morgan fingerprint density at radius 2 is 1.42 bits per heavy atom. The van der Waals surface area contributed by atoms with Gasteiger partial charge in [-0.25, -0.2) is 0 Å². The second-order valence-corrected chi connectivity index (χ2v) is 12.0. The van der Waals surface area contributed by atoms with Gasteiger partial charge in [0, 0.05) is 26.5 Å². The van der Waals surface area contributed by atoms with E-state index in [1.165, 1.54) is 64.7 Å². The summed E-state index contributed by atoms with van der Waals surface area (Å²) < 4.78 is 0. The maximum absolute atomic E-state index is 2.52. The average molecular weight is 479 g/mol. The van der Waals surface area contributed by atoms with Crippen LogP contribution in [0.15, 0.2) is 119 Å². The molecule has 0 N–H and O–H groups in total. The fourth-order valence-corrected chi connectivity index (χ4v) is 8.13. The first kappa shape index (κ1) is 20.6. The molecule has 0 bridgehead atoms. The molecule has 0 spiro atoms. The van der Waals surface area contributed by atoms with Crippen molar-refractivity contribution < 1.29 is 0 Å². The summed E-state index contributed by atoms with van der Waals surface area (Å²) in [5.74, 6) is 0.477.